The average molecular weight is 276 g/mol. The van der Waals surface area contributed by atoms with Crippen LogP contribution in [0.1, 0.15) is 15.5 Å². The predicted octanol–water partition coefficient (Wildman–Crippen LogP) is 2.97. The summed E-state index contributed by atoms with van der Waals surface area (Å²) in [5.74, 6) is -0.393. The van der Waals surface area contributed by atoms with Gasteiger partial charge in [0.2, 0.25) is 0 Å². The summed E-state index contributed by atoms with van der Waals surface area (Å²) in [6.45, 7) is 1.88. The number of carbonyl (C=O) groups is 1. The Bertz CT molecular complexity index is 588. The van der Waals surface area contributed by atoms with E-state index in [0.29, 0.717) is 5.69 Å². The largest absolute Gasteiger partial charge is 0.464 e. The third-order valence-electron chi connectivity index (χ3n) is 2.76. The maximum atomic E-state index is 11.7. The molecule has 4 nitrogen and oxygen atoms in total. The quantitative estimate of drug-likeness (QED) is 0.808. The van der Waals surface area contributed by atoms with Crippen LogP contribution in [0.2, 0.25) is 0 Å². The number of aromatic nitrogens is 1. The Morgan fingerprint density at radius 1 is 1.26 bits per heavy atom. The molecule has 0 bridgehead atoms. The SMILES string of the molecule is COC(=O)c1nc(C)sc1-c1ccc(N(C)C)cc1. The molecule has 1 heterocycles. The van der Waals surface area contributed by atoms with Gasteiger partial charge in [-0.05, 0) is 24.6 Å². The molecule has 0 saturated heterocycles. The van der Waals surface area contributed by atoms with E-state index < -0.39 is 5.97 Å². The molecule has 1 aromatic carbocycles. The van der Waals surface area contributed by atoms with Crippen LogP contribution in [0.5, 0.6) is 0 Å². The van der Waals surface area contributed by atoms with Crippen LogP contribution in [0.25, 0.3) is 10.4 Å². The molecule has 2 rings (SSSR count). The summed E-state index contributed by atoms with van der Waals surface area (Å²) in [6, 6.07) is 8.03. The van der Waals surface area contributed by atoms with Crippen molar-refractivity contribution in [2.24, 2.45) is 0 Å². The van der Waals surface area contributed by atoms with Crippen molar-refractivity contribution in [1.82, 2.24) is 4.98 Å². The van der Waals surface area contributed by atoms with E-state index in [2.05, 4.69) is 4.98 Å². The van der Waals surface area contributed by atoms with Crippen LogP contribution in [0.4, 0.5) is 5.69 Å². The number of methoxy groups -OCH3 is 1. The van der Waals surface area contributed by atoms with E-state index in [-0.39, 0.29) is 0 Å². The Kier molecular flexibility index (Phi) is 3.85. The third-order valence-corrected chi connectivity index (χ3v) is 3.78. The summed E-state index contributed by atoms with van der Waals surface area (Å²) in [6.07, 6.45) is 0. The topological polar surface area (TPSA) is 42.4 Å². The van der Waals surface area contributed by atoms with Crippen LogP contribution < -0.4 is 4.90 Å². The van der Waals surface area contributed by atoms with Crippen molar-refractivity contribution in [2.75, 3.05) is 26.1 Å². The van der Waals surface area contributed by atoms with Gasteiger partial charge in [-0.1, -0.05) is 12.1 Å². The van der Waals surface area contributed by atoms with Crippen LogP contribution in [-0.2, 0) is 4.74 Å². The standard InChI is InChI=1S/C14H16N2O2S/c1-9-15-12(14(17)18-4)13(19-9)10-5-7-11(8-6-10)16(2)3/h5-8H,1-4H3. The van der Waals surface area contributed by atoms with Crippen LogP contribution in [0.3, 0.4) is 0 Å². The first-order valence-corrected chi connectivity index (χ1v) is 6.68. The fourth-order valence-corrected chi connectivity index (χ4v) is 2.68. The number of thiazole rings is 1. The molecule has 0 N–H and O–H groups in total. The van der Waals surface area contributed by atoms with Crippen LogP contribution in [0, 0.1) is 6.92 Å². The van der Waals surface area contributed by atoms with E-state index in [1.165, 1.54) is 18.4 Å². The maximum Gasteiger partial charge on any atom is 0.358 e. The second kappa shape index (κ2) is 5.40. The van der Waals surface area contributed by atoms with Gasteiger partial charge in [-0.3, -0.25) is 0 Å². The number of benzene rings is 1. The van der Waals surface area contributed by atoms with Crippen LogP contribution in [0.15, 0.2) is 24.3 Å². The molecule has 0 saturated carbocycles. The summed E-state index contributed by atoms with van der Waals surface area (Å²) < 4.78 is 4.77. The molecule has 0 amide bonds. The Hall–Kier alpha value is -1.88. The molecular weight excluding hydrogens is 260 g/mol. The van der Waals surface area contributed by atoms with Gasteiger partial charge in [-0.2, -0.15) is 0 Å². The van der Waals surface area contributed by atoms with E-state index >= 15 is 0 Å². The lowest BCUT2D eigenvalue weighted by Gasteiger charge is -2.12. The second-order valence-electron chi connectivity index (χ2n) is 4.34. The number of hydrogen-bond acceptors (Lipinski definition) is 5. The van der Waals surface area contributed by atoms with Gasteiger partial charge >= 0.3 is 5.97 Å². The number of anilines is 1. The Balaban J connectivity index is 2.44. The minimum Gasteiger partial charge on any atom is -0.464 e. The van der Waals surface area contributed by atoms with E-state index in [0.717, 1.165) is 21.1 Å². The molecular formula is C14H16N2O2S. The van der Waals surface area contributed by atoms with E-state index in [1.807, 2.05) is 50.2 Å². The molecule has 2 aromatic rings. The molecule has 19 heavy (non-hydrogen) atoms. The number of nitrogens with zero attached hydrogens (tertiary/aromatic N) is 2. The van der Waals surface area contributed by atoms with E-state index in [4.69, 9.17) is 4.74 Å². The van der Waals surface area contributed by atoms with Gasteiger partial charge in [0.25, 0.3) is 0 Å². The number of aryl methyl sites for hydroxylation is 1. The molecule has 0 unspecified atom stereocenters. The number of hydrogen-bond donors (Lipinski definition) is 0. The smallest absolute Gasteiger partial charge is 0.358 e. The second-order valence-corrected chi connectivity index (χ2v) is 5.55. The zero-order chi connectivity index (χ0) is 14.0. The monoisotopic (exact) mass is 276 g/mol. The minimum atomic E-state index is -0.393. The molecule has 0 fully saturated rings. The molecule has 1 aromatic heterocycles. The molecule has 0 aliphatic carbocycles. The van der Waals surface area contributed by atoms with Gasteiger partial charge in [0, 0.05) is 19.8 Å². The average Bonchev–Trinajstić information content (AvgIpc) is 2.80. The van der Waals surface area contributed by atoms with Crippen molar-refractivity contribution in [3.63, 3.8) is 0 Å². The lowest BCUT2D eigenvalue weighted by Crippen LogP contribution is -2.08. The number of esters is 1. The van der Waals surface area contributed by atoms with Gasteiger partial charge in [0.1, 0.15) is 0 Å². The maximum absolute atomic E-state index is 11.7. The molecule has 0 aliphatic heterocycles. The highest BCUT2D eigenvalue weighted by Gasteiger charge is 2.18. The normalized spacial score (nSPS) is 10.3. The van der Waals surface area contributed by atoms with Gasteiger partial charge in [-0.25, -0.2) is 9.78 Å². The van der Waals surface area contributed by atoms with Gasteiger partial charge in [-0.15, -0.1) is 11.3 Å². The van der Waals surface area contributed by atoms with Crippen molar-refractivity contribution >= 4 is 23.0 Å². The first-order chi connectivity index (χ1) is 9.02. The first kappa shape index (κ1) is 13.5. The minimum absolute atomic E-state index is 0.391. The third kappa shape index (κ3) is 2.76. The summed E-state index contributed by atoms with van der Waals surface area (Å²) in [4.78, 5) is 18.8. The zero-order valence-electron chi connectivity index (χ0n) is 11.4. The summed E-state index contributed by atoms with van der Waals surface area (Å²) >= 11 is 1.50. The van der Waals surface area contributed by atoms with Crippen molar-refractivity contribution in [2.45, 2.75) is 6.92 Å². The van der Waals surface area contributed by atoms with Crippen LogP contribution >= 0.6 is 11.3 Å². The highest BCUT2D eigenvalue weighted by Crippen LogP contribution is 2.31. The lowest BCUT2D eigenvalue weighted by atomic mass is 10.1. The van der Waals surface area contributed by atoms with Crippen molar-refractivity contribution in [3.05, 3.63) is 35.0 Å². The molecule has 0 aliphatic rings. The number of rotatable bonds is 3. The molecule has 0 radical (unpaired) electrons. The number of ether oxygens (including phenoxy) is 1. The Morgan fingerprint density at radius 3 is 2.42 bits per heavy atom. The van der Waals surface area contributed by atoms with Crippen molar-refractivity contribution in [3.8, 4) is 10.4 Å². The Labute approximate surface area is 116 Å². The van der Waals surface area contributed by atoms with E-state index in [1.54, 1.807) is 0 Å². The number of carbonyl (C=O) groups excluding carboxylic acids is 1. The van der Waals surface area contributed by atoms with Crippen molar-refractivity contribution < 1.29 is 9.53 Å². The fourth-order valence-electron chi connectivity index (χ4n) is 1.77. The summed E-state index contributed by atoms with van der Waals surface area (Å²) in [5, 5.41) is 0.854. The summed E-state index contributed by atoms with van der Waals surface area (Å²) in [5.41, 5.74) is 2.49. The summed E-state index contributed by atoms with van der Waals surface area (Å²) in [7, 11) is 5.35. The highest BCUT2D eigenvalue weighted by molar-refractivity contribution is 7.15. The van der Waals surface area contributed by atoms with E-state index in [9.17, 15) is 4.79 Å². The van der Waals surface area contributed by atoms with Gasteiger partial charge in [0.05, 0.1) is 17.0 Å². The first-order valence-electron chi connectivity index (χ1n) is 5.86. The predicted molar refractivity (Wildman–Crippen MR) is 78.0 cm³/mol. The van der Waals surface area contributed by atoms with Crippen LogP contribution in [-0.4, -0.2) is 32.2 Å². The molecule has 100 valence electrons. The molecule has 5 heteroatoms. The molecule has 0 atom stereocenters. The Morgan fingerprint density at radius 2 is 1.89 bits per heavy atom. The lowest BCUT2D eigenvalue weighted by molar-refractivity contribution is 0.0595. The fraction of sp³-hybridized carbons (Fsp3) is 0.286. The molecule has 0 spiro atoms. The highest BCUT2D eigenvalue weighted by atomic mass is 32.1. The zero-order valence-corrected chi connectivity index (χ0v) is 12.2. The van der Waals surface area contributed by atoms with Gasteiger partial charge in [0.15, 0.2) is 5.69 Å². The van der Waals surface area contributed by atoms with Gasteiger partial charge < -0.3 is 9.64 Å². The van der Waals surface area contributed by atoms with Crippen molar-refractivity contribution in [1.29, 1.82) is 0 Å².